The van der Waals surface area contributed by atoms with Gasteiger partial charge in [0.15, 0.2) is 0 Å². The summed E-state index contributed by atoms with van der Waals surface area (Å²) < 4.78 is 5.12. The molecule has 100 valence electrons. The minimum Gasteiger partial charge on any atom is -0.495 e. The molecule has 0 aliphatic carbocycles. The first-order chi connectivity index (χ1) is 9.10. The summed E-state index contributed by atoms with van der Waals surface area (Å²) in [5, 5.41) is 4.40. The minimum absolute atomic E-state index is 0.496. The Bertz CT molecular complexity index is 588. The maximum absolute atomic E-state index is 6.08. The fourth-order valence-corrected chi connectivity index (χ4v) is 2.20. The van der Waals surface area contributed by atoms with Gasteiger partial charge in [0.05, 0.1) is 23.5 Å². The van der Waals surface area contributed by atoms with Gasteiger partial charge in [-0.2, -0.15) is 0 Å². The third-order valence-corrected chi connectivity index (χ3v) is 3.26. The number of pyridine rings is 1. The van der Waals surface area contributed by atoms with E-state index in [1.807, 2.05) is 31.2 Å². The van der Waals surface area contributed by atoms with Gasteiger partial charge in [0, 0.05) is 6.54 Å². The minimum atomic E-state index is 0.496. The van der Waals surface area contributed by atoms with Crippen LogP contribution in [0, 0.1) is 6.92 Å². The van der Waals surface area contributed by atoms with Gasteiger partial charge in [0.2, 0.25) is 0 Å². The Hall–Kier alpha value is -1.45. The summed E-state index contributed by atoms with van der Waals surface area (Å²) in [4.78, 5) is 4.19. The number of hydrogen-bond acceptors (Lipinski definition) is 3. The van der Waals surface area contributed by atoms with Crippen molar-refractivity contribution in [1.82, 2.24) is 4.98 Å². The van der Waals surface area contributed by atoms with E-state index >= 15 is 0 Å². The molecule has 2 aromatic rings. The SMILES string of the molecule is COc1ccc(CNc2ccc(Cl)nc2C)cc1Cl. The second-order valence-electron chi connectivity index (χ2n) is 4.09. The van der Waals surface area contributed by atoms with Crippen LogP contribution in [0.15, 0.2) is 30.3 Å². The molecule has 0 aliphatic rings. The fraction of sp³-hybridized carbons (Fsp3) is 0.214. The van der Waals surface area contributed by atoms with Gasteiger partial charge in [-0.05, 0) is 36.8 Å². The molecule has 0 bridgehead atoms. The van der Waals surface area contributed by atoms with E-state index in [2.05, 4.69) is 10.3 Å². The van der Waals surface area contributed by atoms with Gasteiger partial charge in [0.25, 0.3) is 0 Å². The number of rotatable bonds is 4. The molecule has 0 unspecified atom stereocenters. The quantitative estimate of drug-likeness (QED) is 0.853. The second kappa shape index (κ2) is 6.13. The highest BCUT2D eigenvalue weighted by Gasteiger charge is 2.03. The lowest BCUT2D eigenvalue weighted by Crippen LogP contribution is -2.02. The summed E-state index contributed by atoms with van der Waals surface area (Å²) in [7, 11) is 1.60. The smallest absolute Gasteiger partial charge is 0.137 e. The van der Waals surface area contributed by atoms with Gasteiger partial charge in [-0.25, -0.2) is 4.98 Å². The van der Waals surface area contributed by atoms with E-state index in [0.717, 1.165) is 16.9 Å². The molecule has 3 nitrogen and oxygen atoms in total. The van der Waals surface area contributed by atoms with Crippen molar-refractivity contribution in [3.63, 3.8) is 0 Å². The third-order valence-electron chi connectivity index (χ3n) is 2.75. The summed E-state index contributed by atoms with van der Waals surface area (Å²) in [6, 6.07) is 9.38. The first-order valence-electron chi connectivity index (χ1n) is 5.79. The molecule has 0 fully saturated rings. The molecule has 2 rings (SSSR count). The molecule has 1 aromatic heterocycles. The Kier molecular flexibility index (Phi) is 4.51. The van der Waals surface area contributed by atoms with Crippen LogP contribution >= 0.6 is 23.2 Å². The summed E-state index contributed by atoms with van der Waals surface area (Å²) in [5.74, 6) is 0.676. The maximum atomic E-state index is 6.08. The van der Waals surface area contributed by atoms with Gasteiger partial charge in [-0.15, -0.1) is 0 Å². The Morgan fingerprint density at radius 2 is 2.00 bits per heavy atom. The number of aryl methyl sites for hydroxylation is 1. The first-order valence-corrected chi connectivity index (χ1v) is 6.55. The van der Waals surface area contributed by atoms with Crippen LogP contribution in [0.4, 0.5) is 5.69 Å². The summed E-state index contributed by atoms with van der Waals surface area (Å²) in [6.45, 7) is 2.57. The van der Waals surface area contributed by atoms with E-state index in [9.17, 15) is 0 Å². The number of benzene rings is 1. The number of nitrogens with one attached hydrogen (secondary N) is 1. The maximum Gasteiger partial charge on any atom is 0.137 e. The predicted octanol–water partition coefficient (Wildman–Crippen LogP) is 4.32. The number of ether oxygens (including phenoxy) is 1. The number of halogens is 2. The zero-order valence-corrected chi connectivity index (χ0v) is 12.2. The Labute approximate surface area is 122 Å². The van der Waals surface area contributed by atoms with E-state index in [1.165, 1.54) is 0 Å². The molecule has 0 atom stereocenters. The van der Waals surface area contributed by atoms with Crippen molar-refractivity contribution in [3.05, 3.63) is 51.8 Å². The highest BCUT2D eigenvalue weighted by Crippen LogP contribution is 2.25. The van der Waals surface area contributed by atoms with E-state index in [0.29, 0.717) is 22.5 Å². The molecule has 0 aliphatic heterocycles. The Morgan fingerprint density at radius 3 is 2.63 bits per heavy atom. The topological polar surface area (TPSA) is 34.1 Å². The molecule has 0 saturated carbocycles. The van der Waals surface area contributed by atoms with Gasteiger partial charge >= 0.3 is 0 Å². The van der Waals surface area contributed by atoms with Crippen LogP contribution in [0.25, 0.3) is 0 Å². The molecular weight excluding hydrogens is 283 g/mol. The van der Waals surface area contributed by atoms with Gasteiger partial charge in [-0.3, -0.25) is 0 Å². The lowest BCUT2D eigenvalue weighted by Gasteiger charge is -2.10. The number of anilines is 1. The van der Waals surface area contributed by atoms with Gasteiger partial charge in [0.1, 0.15) is 10.9 Å². The highest BCUT2D eigenvalue weighted by atomic mass is 35.5. The lowest BCUT2D eigenvalue weighted by atomic mass is 10.2. The molecule has 0 amide bonds. The van der Waals surface area contributed by atoms with Crippen molar-refractivity contribution in [2.45, 2.75) is 13.5 Å². The Balaban J connectivity index is 2.08. The number of aromatic nitrogens is 1. The number of nitrogens with zero attached hydrogens (tertiary/aromatic N) is 1. The fourth-order valence-electron chi connectivity index (χ4n) is 1.73. The van der Waals surface area contributed by atoms with E-state index in [4.69, 9.17) is 27.9 Å². The molecular formula is C14H14Cl2N2O. The largest absolute Gasteiger partial charge is 0.495 e. The average molecular weight is 297 g/mol. The zero-order chi connectivity index (χ0) is 13.8. The lowest BCUT2D eigenvalue weighted by molar-refractivity contribution is 0.415. The van der Waals surface area contributed by atoms with Crippen LogP contribution in [-0.2, 0) is 6.54 Å². The molecule has 0 saturated heterocycles. The van der Waals surface area contributed by atoms with Crippen LogP contribution in [0.1, 0.15) is 11.3 Å². The van der Waals surface area contributed by atoms with Crippen molar-refractivity contribution in [3.8, 4) is 5.75 Å². The van der Waals surface area contributed by atoms with Crippen LogP contribution < -0.4 is 10.1 Å². The summed E-state index contributed by atoms with van der Waals surface area (Å²) in [5.41, 5.74) is 2.89. The third kappa shape index (κ3) is 3.52. The standard InChI is InChI=1S/C14H14Cl2N2O/c1-9-12(4-6-14(16)18-9)17-8-10-3-5-13(19-2)11(15)7-10/h3-7,17H,8H2,1-2H3. The molecule has 5 heteroatoms. The molecule has 19 heavy (non-hydrogen) atoms. The second-order valence-corrected chi connectivity index (χ2v) is 4.88. The zero-order valence-electron chi connectivity index (χ0n) is 10.7. The molecule has 1 aromatic carbocycles. The van der Waals surface area contributed by atoms with E-state index in [-0.39, 0.29) is 0 Å². The highest BCUT2D eigenvalue weighted by molar-refractivity contribution is 6.32. The van der Waals surface area contributed by atoms with Gasteiger partial charge < -0.3 is 10.1 Å². The van der Waals surface area contributed by atoms with Crippen LogP contribution in [-0.4, -0.2) is 12.1 Å². The summed E-state index contributed by atoms with van der Waals surface area (Å²) in [6.07, 6.45) is 0. The monoisotopic (exact) mass is 296 g/mol. The van der Waals surface area contributed by atoms with Crippen molar-refractivity contribution in [1.29, 1.82) is 0 Å². The molecule has 1 heterocycles. The summed E-state index contributed by atoms with van der Waals surface area (Å²) >= 11 is 11.9. The van der Waals surface area contributed by atoms with Crippen molar-refractivity contribution in [2.24, 2.45) is 0 Å². The Morgan fingerprint density at radius 1 is 1.21 bits per heavy atom. The van der Waals surface area contributed by atoms with E-state index in [1.54, 1.807) is 13.2 Å². The predicted molar refractivity (Wildman–Crippen MR) is 79.3 cm³/mol. The van der Waals surface area contributed by atoms with Crippen LogP contribution in [0.3, 0.4) is 0 Å². The normalized spacial score (nSPS) is 10.3. The van der Waals surface area contributed by atoms with Crippen LogP contribution in [0.5, 0.6) is 5.75 Å². The van der Waals surface area contributed by atoms with Gasteiger partial charge in [-0.1, -0.05) is 29.3 Å². The van der Waals surface area contributed by atoms with Crippen LogP contribution in [0.2, 0.25) is 10.2 Å². The average Bonchev–Trinajstić information content (AvgIpc) is 2.38. The van der Waals surface area contributed by atoms with E-state index < -0.39 is 0 Å². The molecule has 0 spiro atoms. The van der Waals surface area contributed by atoms with Crippen molar-refractivity contribution >= 4 is 28.9 Å². The van der Waals surface area contributed by atoms with Crippen molar-refractivity contribution < 1.29 is 4.74 Å². The first kappa shape index (κ1) is 14.0. The van der Waals surface area contributed by atoms with Crippen molar-refractivity contribution in [2.75, 3.05) is 12.4 Å². The number of methoxy groups -OCH3 is 1. The molecule has 0 radical (unpaired) electrons. The molecule has 1 N–H and O–H groups in total. The number of hydrogen-bond donors (Lipinski definition) is 1.